The van der Waals surface area contributed by atoms with Gasteiger partial charge in [-0.3, -0.25) is 14.9 Å². The third-order valence-electron chi connectivity index (χ3n) is 3.75. The maximum Gasteiger partial charge on any atom is 0.322 e. The second kappa shape index (κ2) is 7.12. The van der Waals surface area contributed by atoms with Crippen LogP contribution in [-0.2, 0) is 16.0 Å². The number of carbonyl (C=O) groups excluding carboxylic acids is 3. The van der Waals surface area contributed by atoms with E-state index in [9.17, 15) is 14.4 Å². The third-order valence-corrected chi connectivity index (χ3v) is 3.75. The zero-order chi connectivity index (χ0) is 16.9. The van der Waals surface area contributed by atoms with Crippen LogP contribution < -0.4 is 16.0 Å². The monoisotopic (exact) mass is 330 g/mol. The second-order valence-corrected chi connectivity index (χ2v) is 5.58. The average molecular weight is 330 g/mol. The Labute approximate surface area is 138 Å². The van der Waals surface area contributed by atoms with E-state index in [1.165, 1.54) is 0 Å². The Morgan fingerprint density at radius 1 is 1.29 bits per heavy atom. The minimum absolute atomic E-state index is 0.151. The number of amides is 4. The number of para-hydroxylation sites is 2. The Morgan fingerprint density at radius 2 is 2.12 bits per heavy atom. The summed E-state index contributed by atoms with van der Waals surface area (Å²) in [5.41, 5.74) is 1.59. The van der Waals surface area contributed by atoms with Gasteiger partial charge in [0, 0.05) is 19.4 Å². The highest BCUT2D eigenvalue weighted by Gasteiger charge is 2.29. The fourth-order valence-corrected chi connectivity index (χ4v) is 2.52. The van der Waals surface area contributed by atoms with Gasteiger partial charge < -0.3 is 15.1 Å². The van der Waals surface area contributed by atoms with E-state index >= 15 is 0 Å². The Kier molecular flexibility index (Phi) is 4.74. The van der Waals surface area contributed by atoms with Crippen molar-refractivity contribution in [3.63, 3.8) is 0 Å². The Hall–Kier alpha value is -2.90. The molecule has 1 aliphatic heterocycles. The molecule has 0 saturated carbocycles. The van der Waals surface area contributed by atoms with Gasteiger partial charge in [-0.1, -0.05) is 12.1 Å². The lowest BCUT2D eigenvalue weighted by Gasteiger charge is -2.07. The van der Waals surface area contributed by atoms with E-state index in [1.54, 1.807) is 0 Å². The molecule has 8 heteroatoms. The number of rotatable bonds is 7. The first kappa shape index (κ1) is 16.0. The number of hydrogen-bond acceptors (Lipinski definition) is 5. The molecule has 2 heterocycles. The van der Waals surface area contributed by atoms with E-state index in [0.29, 0.717) is 25.3 Å². The molecule has 24 heavy (non-hydrogen) atoms. The Balaban J connectivity index is 1.35. The number of imide groups is 1. The molecule has 1 aromatic heterocycles. The molecule has 0 unspecified atom stereocenters. The first-order chi connectivity index (χ1) is 11.6. The largest absolute Gasteiger partial charge is 0.441 e. The minimum atomic E-state index is -0.622. The van der Waals surface area contributed by atoms with Gasteiger partial charge in [0.25, 0.3) is 5.91 Å². The van der Waals surface area contributed by atoms with Gasteiger partial charge in [0.1, 0.15) is 11.6 Å². The van der Waals surface area contributed by atoms with Crippen molar-refractivity contribution < 1.29 is 18.8 Å². The Morgan fingerprint density at radius 3 is 2.88 bits per heavy atom. The summed E-state index contributed by atoms with van der Waals surface area (Å²) in [4.78, 5) is 38.4. The first-order valence-electron chi connectivity index (χ1n) is 7.84. The molecule has 0 bridgehead atoms. The number of urea groups is 1. The van der Waals surface area contributed by atoms with E-state index in [4.69, 9.17) is 4.42 Å². The van der Waals surface area contributed by atoms with Crippen LogP contribution in [0, 0.1) is 0 Å². The fraction of sp³-hybridized carbons (Fsp3) is 0.375. The topological polar surface area (TPSA) is 113 Å². The van der Waals surface area contributed by atoms with Gasteiger partial charge in [0.15, 0.2) is 11.5 Å². The summed E-state index contributed by atoms with van der Waals surface area (Å²) in [6, 6.07) is 6.42. The molecule has 0 aliphatic carbocycles. The maximum absolute atomic E-state index is 11.7. The molecular formula is C16H18N4O4. The van der Waals surface area contributed by atoms with Crippen LogP contribution >= 0.6 is 0 Å². The normalized spacial score (nSPS) is 16.9. The molecular weight excluding hydrogens is 312 g/mol. The number of aromatic nitrogens is 1. The first-order valence-corrected chi connectivity index (χ1v) is 7.84. The predicted molar refractivity (Wildman–Crippen MR) is 85.0 cm³/mol. The zero-order valence-electron chi connectivity index (χ0n) is 13.0. The van der Waals surface area contributed by atoms with Crippen molar-refractivity contribution in [2.45, 2.75) is 31.7 Å². The number of fused-ring (bicyclic) bond motifs is 1. The minimum Gasteiger partial charge on any atom is -0.441 e. The number of oxazole rings is 1. The summed E-state index contributed by atoms with van der Waals surface area (Å²) in [5, 5.41) is 7.38. The molecule has 0 spiro atoms. The van der Waals surface area contributed by atoms with Gasteiger partial charge in [-0.2, -0.15) is 0 Å². The van der Waals surface area contributed by atoms with Crippen LogP contribution in [0.5, 0.6) is 0 Å². The quantitative estimate of drug-likeness (QED) is 0.515. The molecule has 1 atom stereocenters. The number of nitrogens with zero attached hydrogens (tertiary/aromatic N) is 1. The van der Waals surface area contributed by atoms with Gasteiger partial charge in [-0.05, 0) is 25.0 Å². The van der Waals surface area contributed by atoms with Crippen molar-refractivity contribution in [3.8, 4) is 0 Å². The molecule has 2 aromatic rings. The van der Waals surface area contributed by atoms with Crippen LogP contribution in [0.25, 0.3) is 11.1 Å². The standard InChI is InChI=1S/C16H18N4O4/c21-13(8-7-11-15(22)20-16(23)19-11)17-9-3-6-14-18-10-4-1-2-5-12(10)24-14/h1-2,4-5,11H,3,6-9H2,(H,17,21)(H2,19,20,22,23)/t11-/m0/s1. The molecule has 0 radical (unpaired) electrons. The molecule has 1 aromatic carbocycles. The van der Waals surface area contributed by atoms with Crippen LogP contribution in [0.15, 0.2) is 28.7 Å². The lowest BCUT2D eigenvalue weighted by atomic mass is 10.1. The molecule has 126 valence electrons. The molecule has 3 rings (SSSR count). The van der Waals surface area contributed by atoms with Crippen molar-refractivity contribution in [1.29, 1.82) is 0 Å². The summed E-state index contributed by atoms with van der Waals surface area (Å²) < 4.78 is 5.60. The van der Waals surface area contributed by atoms with Gasteiger partial charge in [-0.25, -0.2) is 9.78 Å². The lowest BCUT2D eigenvalue weighted by molar-refractivity contribution is -0.122. The second-order valence-electron chi connectivity index (χ2n) is 5.58. The van der Waals surface area contributed by atoms with Gasteiger partial charge in [0.05, 0.1) is 0 Å². The summed E-state index contributed by atoms with van der Waals surface area (Å²) in [7, 11) is 0. The van der Waals surface area contributed by atoms with Crippen LogP contribution in [0.4, 0.5) is 4.79 Å². The maximum atomic E-state index is 11.7. The van der Waals surface area contributed by atoms with E-state index in [1.807, 2.05) is 24.3 Å². The van der Waals surface area contributed by atoms with Crippen molar-refractivity contribution in [1.82, 2.24) is 20.9 Å². The van der Waals surface area contributed by atoms with E-state index in [2.05, 4.69) is 20.9 Å². The summed E-state index contributed by atoms with van der Waals surface area (Å²) in [5.74, 6) is 0.112. The van der Waals surface area contributed by atoms with E-state index < -0.39 is 12.1 Å². The molecule has 1 saturated heterocycles. The molecule has 1 fully saturated rings. The van der Waals surface area contributed by atoms with Gasteiger partial charge in [-0.15, -0.1) is 0 Å². The molecule has 3 N–H and O–H groups in total. The van der Waals surface area contributed by atoms with Crippen LogP contribution in [0.2, 0.25) is 0 Å². The summed E-state index contributed by atoms with van der Waals surface area (Å²) >= 11 is 0. The lowest BCUT2D eigenvalue weighted by Crippen LogP contribution is -2.32. The highest BCUT2D eigenvalue weighted by molar-refractivity contribution is 6.04. The summed E-state index contributed by atoms with van der Waals surface area (Å²) in [6.45, 7) is 0.501. The smallest absolute Gasteiger partial charge is 0.322 e. The number of aryl methyl sites for hydroxylation is 1. The summed E-state index contributed by atoms with van der Waals surface area (Å²) in [6.07, 6.45) is 1.81. The number of benzene rings is 1. The highest BCUT2D eigenvalue weighted by atomic mass is 16.3. The van der Waals surface area contributed by atoms with Crippen molar-refractivity contribution in [2.75, 3.05) is 6.54 Å². The number of hydrogen-bond donors (Lipinski definition) is 3. The van der Waals surface area contributed by atoms with Gasteiger partial charge in [0.2, 0.25) is 5.91 Å². The predicted octanol–water partition coefficient (Wildman–Crippen LogP) is 0.865. The van der Waals surface area contributed by atoms with Crippen LogP contribution in [-0.4, -0.2) is 35.4 Å². The van der Waals surface area contributed by atoms with Gasteiger partial charge >= 0.3 is 6.03 Å². The Bertz CT molecular complexity index is 737. The number of carbonyl (C=O) groups is 3. The van der Waals surface area contributed by atoms with Crippen LogP contribution in [0.1, 0.15) is 25.2 Å². The zero-order valence-corrected chi connectivity index (χ0v) is 13.0. The van der Waals surface area contributed by atoms with Crippen molar-refractivity contribution in [3.05, 3.63) is 30.2 Å². The van der Waals surface area contributed by atoms with Crippen molar-refractivity contribution >= 4 is 28.9 Å². The molecule has 4 amide bonds. The third kappa shape index (κ3) is 3.89. The number of nitrogens with one attached hydrogen (secondary N) is 3. The highest BCUT2D eigenvalue weighted by Crippen LogP contribution is 2.15. The van der Waals surface area contributed by atoms with E-state index in [0.717, 1.165) is 11.1 Å². The van der Waals surface area contributed by atoms with Crippen LogP contribution in [0.3, 0.4) is 0 Å². The molecule has 1 aliphatic rings. The fourth-order valence-electron chi connectivity index (χ4n) is 2.52. The SMILES string of the molecule is O=C(CC[C@@H]1NC(=O)NC1=O)NCCCc1nc2ccccc2o1. The van der Waals surface area contributed by atoms with Crippen molar-refractivity contribution in [2.24, 2.45) is 0 Å². The van der Waals surface area contributed by atoms with E-state index in [-0.39, 0.29) is 24.7 Å². The average Bonchev–Trinajstić information content (AvgIpc) is 3.11. The molecule has 8 nitrogen and oxygen atoms in total.